The lowest BCUT2D eigenvalue weighted by Crippen LogP contribution is -2.50. The fraction of sp³-hybridized carbons (Fsp3) is 0.316. The summed E-state index contributed by atoms with van der Waals surface area (Å²) in [5.74, 6) is -0.496. The van der Waals surface area contributed by atoms with E-state index in [0.29, 0.717) is 5.56 Å². The summed E-state index contributed by atoms with van der Waals surface area (Å²) in [6, 6.07) is 10.9. The van der Waals surface area contributed by atoms with E-state index in [9.17, 15) is 23.3 Å². The maximum atomic E-state index is 13.2. The number of nitro groups is 1. The fourth-order valence-corrected chi connectivity index (χ4v) is 4.81. The van der Waals surface area contributed by atoms with Gasteiger partial charge in [-0.3, -0.25) is 14.9 Å². The summed E-state index contributed by atoms with van der Waals surface area (Å²) in [4.78, 5) is 24.5. The molecule has 0 bridgehead atoms. The molecule has 10 nitrogen and oxygen atoms in total. The Bertz CT molecular complexity index is 1050. The minimum absolute atomic E-state index is 0.0867. The predicted octanol–water partition coefficient (Wildman–Crippen LogP) is 1.76. The second kappa shape index (κ2) is 8.67. The first kappa shape index (κ1) is 21.5. The number of piperazine rings is 1. The van der Waals surface area contributed by atoms with E-state index < -0.39 is 20.6 Å². The van der Waals surface area contributed by atoms with E-state index in [1.807, 2.05) is 6.07 Å². The first-order valence-electron chi connectivity index (χ1n) is 9.04. The molecule has 11 heteroatoms. The molecule has 3 rings (SSSR count). The molecule has 0 spiro atoms. The van der Waals surface area contributed by atoms with Crippen LogP contribution in [-0.2, 0) is 10.0 Å². The highest BCUT2D eigenvalue weighted by Crippen LogP contribution is 2.38. The Kier molecular flexibility index (Phi) is 6.22. The van der Waals surface area contributed by atoms with Crippen LogP contribution in [0.1, 0.15) is 10.4 Å². The van der Waals surface area contributed by atoms with Gasteiger partial charge < -0.3 is 14.4 Å². The Balaban J connectivity index is 1.83. The second-order valence-corrected chi connectivity index (χ2v) is 8.40. The van der Waals surface area contributed by atoms with Crippen molar-refractivity contribution in [2.24, 2.45) is 0 Å². The highest BCUT2D eigenvalue weighted by molar-refractivity contribution is 7.89. The molecule has 1 amide bonds. The number of amides is 1. The lowest BCUT2D eigenvalue weighted by atomic mass is 10.2. The number of hydrogen-bond acceptors (Lipinski definition) is 7. The molecule has 0 unspecified atom stereocenters. The molecule has 0 N–H and O–H groups in total. The largest absolute Gasteiger partial charge is 0.495 e. The van der Waals surface area contributed by atoms with E-state index in [4.69, 9.17) is 9.47 Å². The maximum Gasteiger partial charge on any atom is 0.314 e. The number of nitro benzene ring substituents is 1. The van der Waals surface area contributed by atoms with Crippen LogP contribution >= 0.6 is 0 Å². The Morgan fingerprint density at radius 2 is 1.60 bits per heavy atom. The number of rotatable bonds is 6. The molecule has 1 aliphatic heterocycles. The molecule has 0 aromatic heterocycles. The van der Waals surface area contributed by atoms with Crippen molar-refractivity contribution in [2.45, 2.75) is 4.90 Å². The molecule has 0 saturated carbocycles. The Labute approximate surface area is 173 Å². The lowest BCUT2D eigenvalue weighted by molar-refractivity contribution is -0.385. The van der Waals surface area contributed by atoms with Crippen LogP contribution < -0.4 is 9.47 Å². The molecule has 0 radical (unpaired) electrons. The van der Waals surface area contributed by atoms with E-state index >= 15 is 0 Å². The molecule has 1 aliphatic rings. The van der Waals surface area contributed by atoms with Crippen LogP contribution in [0.5, 0.6) is 11.5 Å². The summed E-state index contributed by atoms with van der Waals surface area (Å²) in [6.07, 6.45) is 0. The molecule has 1 fully saturated rings. The molecule has 160 valence electrons. The van der Waals surface area contributed by atoms with Crippen molar-refractivity contribution in [3.63, 3.8) is 0 Å². The van der Waals surface area contributed by atoms with Crippen molar-refractivity contribution in [1.29, 1.82) is 0 Å². The Morgan fingerprint density at radius 3 is 2.13 bits per heavy atom. The summed E-state index contributed by atoms with van der Waals surface area (Å²) < 4.78 is 37.7. The van der Waals surface area contributed by atoms with E-state index in [0.717, 1.165) is 12.1 Å². The van der Waals surface area contributed by atoms with Crippen molar-refractivity contribution in [3.8, 4) is 11.5 Å². The van der Waals surface area contributed by atoms with Gasteiger partial charge in [0.25, 0.3) is 5.91 Å². The van der Waals surface area contributed by atoms with E-state index in [2.05, 4.69) is 0 Å². The van der Waals surface area contributed by atoms with Gasteiger partial charge in [-0.25, -0.2) is 8.42 Å². The third-order valence-electron chi connectivity index (χ3n) is 4.83. The summed E-state index contributed by atoms with van der Waals surface area (Å²) in [6.45, 7) is 0.617. The van der Waals surface area contributed by atoms with Crippen LogP contribution in [0, 0.1) is 10.1 Å². The number of ether oxygens (including phenoxy) is 2. The van der Waals surface area contributed by atoms with Crippen LogP contribution in [0.3, 0.4) is 0 Å². The van der Waals surface area contributed by atoms with Crippen LogP contribution in [0.2, 0.25) is 0 Å². The normalized spacial score (nSPS) is 14.9. The third-order valence-corrected chi connectivity index (χ3v) is 6.75. The van der Waals surface area contributed by atoms with Gasteiger partial charge >= 0.3 is 5.69 Å². The average Bonchev–Trinajstić information content (AvgIpc) is 2.78. The fourth-order valence-electron chi connectivity index (χ4n) is 3.23. The number of carbonyl (C=O) groups excluding carboxylic acids is 1. The third kappa shape index (κ3) is 4.07. The van der Waals surface area contributed by atoms with Crippen molar-refractivity contribution >= 4 is 21.6 Å². The summed E-state index contributed by atoms with van der Waals surface area (Å²) in [5, 5.41) is 11.2. The highest BCUT2D eigenvalue weighted by atomic mass is 32.2. The van der Waals surface area contributed by atoms with Crippen molar-refractivity contribution in [1.82, 2.24) is 9.21 Å². The monoisotopic (exact) mass is 435 g/mol. The number of hydrogen-bond donors (Lipinski definition) is 0. The van der Waals surface area contributed by atoms with Crippen molar-refractivity contribution in [3.05, 3.63) is 58.1 Å². The summed E-state index contributed by atoms with van der Waals surface area (Å²) >= 11 is 0. The average molecular weight is 435 g/mol. The Morgan fingerprint density at radius 1 is 1.00 bits per heavy atom. The smallest absolute Gasteiger partial charge is 0.314 e. The van der Waals surface area contributed by atoms with Crippen molar-refractivity contribution < 1.29 is 27.6 Å². The summed E-state index contributed by atoms with van der Waals surface area (Å²) in [7, 11) is -1.57. The number of sulfonamides is 1. The van der Waals surface area contributed by atoms with Gasteiger partial charge in [-0.15, -0.1) is 0 Å². The first-order chi connectivity index (χ1) is 14.3. The van der Waals surface area contributed by atoms with E-state index in [-0.39, 0.29) is 48.5 Å². The van der Waals surface area contributed by atoms with Crippen molar-refractivity contribution in [2.75, 3.05) is 40.4 Å². The van der Waals surface area contributed by atoms with Gasteiger partial charge in [-0.2, -0.15) is 4.31 Å². The zero-order chi connectivity index (χ0) is 21.9. The zero-order valence-electron chi connectivity index (χ0n) is 16.5. The van der Waals surface area contributed by atoms with Gasteiger partial charge in [0.15, 0.2) is 5.75 Å². The number of methoxy groups -OCH3 is 2. The molecule has 0 atom stereocenters. The zero-order valence-corrected chi connectivity index (χ0v) is 17.3. The van der Waals surface area contributed by atoms with Crippen LogP contribution in [0.4, 0.5) is 5.69 Å². The molecule has 2 aromatic carbocycles. The Hall–Kier alpha value is -3.18. The molecular weight excluding hydrogens is 414 g/mol. The molecule has 1 heterocycles. The molecule has 1 saturated heterocycles. The number of benzene rings is 2. The van der Waals surface area contributed by atoms with Gasteiger partial charge in [-0.1, -0.05) is 18.2 Å². The van der Waals surface area contributed by atoms with E-state index in [1.165, 1.54) is 18.5 Å². The van der Waals surface area contributed by atoms with Crippen LogP contribution in [0.15, 0.2) is 47.4 Å². The SMILES string of the molecule is COc1cc(S(=O)(=O)N2CCN(C(=O)c3ccccc3)CC2)c(OC)cc1[N+](=O)[O-]. The van der Waals surface area contributed by atoms with Gasteiger partial charge in [0.1, 0.15) is 10.6 Å². The number of nitrogens with zero attached hydrogens (tertiary/aromatic N) is 3. The quantitative estimate of drug-likeness (QED) is 0.501. The van der Waals surface area contributed by atoms with Gasteiger partial charge in [0, 0.05) is 37.8 Å². The summed E-state index contributed by atoms with van der Waals surface area (Å²) in [5.41, 5.74) is 0.141. The maximum absolute atomic E-state index is 13.2. The molecule has 2 aromatic rings. The molecule has 0 aliphatic carbocycles. The van der Waals surface area contributed by atoms with Gasteiger partial charge in [0.2, 0.25) is 10.0 Å². The second-order valence-electron chi connectivity index (χ2n) is 6.49. The first-order valence-corrected chi connectivity index (χ1v) is 10.5. The molecule has 30 heavy (non-hydrogen) atoms. The van der Waals surface area contributed by atoms with Crippen LogP contribution in [0.25, 0.3) is 0 Å². The lowest BCUT2D eigenvalue weighted by Gasteiger charge is -2.34. The van der Waals surface area contributed by atoms with Crippen LogP contribution in [-0.4, -0.2) is 68.9 Å². The van der Waals surface area contributed by atoms with Gasteiger partial charge in [0.05, 0.1) is 25.2 Å². The predicted molar refractivity (Wildman–Crippen MR) is 107 cm³/mol. The standard InChI is InChI=1S/C19H21N3O7S/c1-28-16-13-18(17(29-2)12-15(16)22(24)25)30(26,27)21-10-8-20(9-11-21)19(23)14-6-4-3-5-7-14/h3-7,12-13H,8-11H2,1-2H3. The number of carbonyl (C=O) groups is 1. The highest BCUT2D eigenvalue weighted by Gasteiger charge is 2.34. The minimum atomic E-state index is -4.03. The van der Waals surface area contributed by atoms with Gasteiger partial charge in [-0.05, 0) is 12.1 Å². The molecular formula is C19H21N3O7S. The minimum Gasteiger partial charge on any atom is -0.495 e. The van der Waals surface area contributed by atoms with E-state index in [1.54, 1.807) is 29.2 Å². The topological polar surface area (TPSA) is 119 Å².